The third-order valence-electron chi connectivity index (χ3n) is 5.08. The minimum Gasteiger partial charge on any atom is -0.350 e. The summed E-state index contributed by atoms with van der Waals surface area (Å²) in [7, 11) is -3.89. The van der Waals surface area contributed by atoms with Crippen LogP contribution >= 0.6 is 11.6 Å². The van der Waals surface area contributed by atoms with Crippen LogP contribution in [0.15, 0.2) is 42.5 Å². The molecule has 0 aliphatic heterocycles. The summed E-state index contributed by atoms with van der Waals surface area (Å²) in [5.41, 5.74) is 0.494. The molecule has 0 aromatic heterocycles. The summed E-state index contributed by atoms with van der Waals surface area (Å²) in [4.78, 5) is 27.5. The minimum absolute atomic E-state index is 0.205. The van der Waals surface area contributed by atoms with E-state index in [2.05, 4.69) is 5.32 Å². The summed E-state index contributed by atoms with van der Waals surface area (Å²) in [5, 5.41) is 3.12. The second-order valence-corrected chi connectivity index (χ2v) is 11.6. The topological polar surface area (TPSA) is 86.8 Å². The molecular weight excluding hydrogens is 481 g/mol. The number of aryl methyl sites for hydroxylation is 1. The van der Waals surface area contributed by atoms with E-state index < -0.39 is 45.8 Å². The molecule has 2 aromatic rings. The fourth-order valence-electron chi connectivity index (χ4n) is 3.31. The summed E-state index contributed by atoms with van der Waals surface area (Å²) < 4.78 is 40.6. The van der Waals surface area contributed by atoms with Gasteiger partial charge in [0.15, 0.2) is 0 Å². The second kappa shape index (κ2) is 10.7. The lowest BCUT2D eigenvalue weighted by molar-refractivity contribution is -0.140. The van der Waals surface area contributed by atoms with Crippen LogP contribution in [0.4, 0.5) is 10.1 Å². The molecule has 2 rings (SSSR count). The standard InChI is InChI=1S/C24H31ClFN3O4S/c1-16-11-12-19(25)13-21(16)29(34(6,32)33)15-22(30)28(14-18-9-7-8-10-20(18)26)17(2)23(31)27-24(3,4)5/h7-13,17H,14-15H2,1-6H3,(H,27,31)/t17-/m0/s1. The zero-order chi connectivity index (χ0) is 25.8. The van der Waals surface area contributed by atoms with Crippen LogP contribution < -0.4 is 9.62 Å². The molecule has 7 nitrogen and oxygen atoms in total. The Morgan fingerprint density at radius 2 is 1.76 bits per heavy atom. The van der Waals surface area contributed by atoms with Gasteiger partial charge in [-0.1, -0.05) is 35.9 Å². The molecule has 0 fully saturated rings. The fraction of sp³-hybridized carbons (Fsp3) is 0.417. The highest BCUT2D eigenvalue weighted by Gasteiger charge is 2.32. The van der Waals surface area contributed by atoms with Crippen LogP contribution in [0.2, 0.25) is 5.02 Å². The Bertz CT molecular complexity index is 1170. The predicted octanol–water partition coefficient (Wildman–Crippen LogP) is 3.89. The van der Waals surface area contributed by atoms with Gasteiger partial charge in [0.25, 0.3) is 0 Å². The van der Waals surface area contributed by atoms with Crippen molar-refractivity contribution in [2.75, 3.05) is 17.1 Å². The number of benzene rings is 2. The van der Waals surface area contributed by atoms with Gasteiger partial charge in [-0.3, -0.25) is 13.9 Å². The first-order valence-corrected chi connectivity index (χ1v) is 12.9. The Morgan fingerprint density at radius 3 is 2.32 bits per heavy atom. The van der Waals surface area contributed by atoms with Crippen molar-refractivity contribution in [1.82, 2.24) is 10.2 Å². The van der Waals surface area contributed by atoms with E-state index in [1.165, 1.54) is 36.1 Å². The van der Waals surface area contributed by atoms with E-state index in [9.17, 15) is 22.4 Å². The van der Waals surface area contributed by atoms with Gasteiger partial charge in [-0.2, -0.15) is 0 Å². The molecule has 34 heavy (non-hydrogen) atoms. The Hall–Kier alpha value is -2.65. The number of halogens is 2. The van der Waals surface area contributed by atoms with Crippen molar-refractivity contribution < 1.29 is 22.4 Å². The van der Waals surface area contributed by atoms with Crippen molar-refractivity contribution in [2.24, 2.45) is 0 Å². The first-order chi connectivity index (χ1) is 15.6. The molecule has 0 aliphatic rings. The monoisotopic (exact) mass is 511 g/mol. The Kier molecular flexibility index (Phi) is 8.71. The molecule has 0 heterocycles. The normalized spacial score (nSPS) is 12.7. The highest BCUT2D eigenvalue weighted by atomic mass is 35.5. The molecule has 2 aromatic carbocycles. The Labute approximate surface area is 205 Å². The van der Waals surface area contributed by atoms with E-state index in [0.29, 0.717) is 10.6 Å². The molecule has 0 saturated carbocycles. The van der Waals surface area contributed by atoms with Gasteiger partial charge in [0.1, 0.15) is 18.4 Å². The zero-order valence-electron chi connectivity index (χ0n) is 20.2. The van der Waals surface area contributed by atoms with Gasteiger partial charge in [0.2, 0.25) is 21.8 Å². The summed E-state index contributed by atoms with van der Waals surface area (Å²) in [6, 6.07) is 9.65. The number of sulfonamides is 1. The van der Waals surface area contributed by atoms with Crippen LogP contribution in [0.5, 0.6) is 0 Å². The summed E-state index contributed by atoms with van der Waals surface area (Å²) in [6.07, 6.45) is 0.984. The number of hydrogen-bond donors (Lipinski definition) is 1. The molecule has 186 valence electrons. The average Bonchev–Trinajstić information content (AvgIpc) is 2.70. The maximum atomic E-state index is 14.4. The quantitative estimate of drug-likeness (QED) is 0.582. The lowest BCUT2D eigenvalue weighted by Gasteiger charge is -2.33. The largest absolute Gasteiger partial charge is 0.350 e. The highest BCUT2D eigenvalue weighted by Crippen LogP contribution is 2.27. The molecule has 1 atom stereocenters. The van der Waals surface area contributed by atoms with Crippen molar-refractivity contribution in [3.8, 4) is 0 Å². The maximum Gasteiger partial charge on any atom is 0.244 e. The zero-order valence-corrected chi connectivity index (χ0v) is 21.8. The molecule has 0 saturated heterocycles. The molecule has 0 radical (unpaired) electrons. The van der Waals surface area contributed by atoms with Crippen LogP contribution in [-0.2, 0) is 26.2 Å². The Balaban J connectivity index is 2.47. The molecule has 0 unspecified atom stereocenters. The van der Waals surface area contributed by atoms with Crippen LogP contribution in [-0.4, -0.2) is 49.5 Å². The predicted molar refractivity (Wildman–Crippen MR) is 133 cm³/mol. The van der Waals surface area contributed by atoms with Gasteiger partial charge in [-0.05, 0) is 58.4 Å². The van der Waals surface area contributed by atoms with Gasteiger partial charge >= 0.3 is 0 Å². The van der Waals surface area contributed by atoms with Crippen molar-refractivity contribution in [2.45, 2.75) is 52.7 Å². The molecule has 1 N–H and O–H groups in total. The average molecular weight is 512 g/mol. The summed E-state index contributed by atoms with van der Waals surface area (Å²) >= 11 is 6.08. The van der Waals surface area contributed by atoms with Gasteiger partial charge in [-0.15, -0.1) is 0 Å². The fourth-order valence-corrected chi connectivity index (χ4v) is 4.38. The first kappa shape index (κ1) is 27.6. The number of carbonyl (C=O) groups excluding carboxylic acids is 2. The van der Waals surface area contributed by atoms with E-state index in [4.69, 9.17) is 11.6 Å². The van der Waals surface area contributed by atoms with Crippen molar-refractivity contribution in [1.29, 1.82) is 0 Å². The smallest absolute Gasteiger partial charge is 0.244 e. The molecular formula is C24H31ClFN3O4S. The van der Waals surface area contributed by atoms with Crippen molar-refractivity contribution in [3.05, 3.63) is 64.4 Å². The Morgan fingerprint density at radius 1 is 1.15 bits per heavy atom. The van der Waals surface area contributed by atoms with Crippen LogP contribution in [0, 0.1) is 12.7 Å². The third-order valence-corrected chi connectivity index (χ3v) is 6.44. The highest BCUT2D eigenvalue weighted by molar-refractivity contribution is 7.92. The second-order valence-electron chi connectivity index (χ2n) is 9.23. The van der Waals surface area contributed by atoms with Crippen molar-refractivity contribution in [3.63, 3.8) is 0 Å². The number of carbonyl (C=O) groups is 2. The summed E-state index contributed by atoms with van der Waals surface area (Å²) in [6.45, 7) is 7.83. The first-order valence-electron chi connectivity index (χ1n) is 10.7. The lowest BCUT2D eigenvalue weighted by atomic mass is 10.1. The number of amides is 2. The van der Waals surface area contributed by atoms with Gasteiger partial charge < -0.3 is 10.2 Å². The van der Waals surface area contributed by atoms with E-state index in [-0.39, 0.29) is 17.8 Å². The van der Waals surface area contributed by atoms with Crippen LogP contribution in [0.25, 0.3) is 0 Å². The number of rotatable bonds is 8. The van der Waals surface area contributed by atoms with Gasteiger partial charge in [0, 0.05) is 22.7 Å². The molecule has 0 spiro atoms. The van der Waals surface area contributed by atoms with E-state index in [1.807, 2.05) is 0 Å². The minimum atomic E-state index is -3.89. The van der Waals surface area contributed by atoms with Gasteiger partial charge in [-0.25, -0.2) is 12.8 Å². The maximum absolute atomic E-state index is 14.4. The molecule has 2 amide bonds. The lowest BCUT2D eigenvalue weighted by Crippen LogP contribution is -2.54. The van der Waals surface area contributed by atoms with Gasteiger partial charge in [0.05, 0.1) is 11.9 Å². The van der Waals surface area contributed by atoms with E-state index >= 15 is 0 Å². The number of nitrogens with one attached hydrogen (secondary N) is 1. The molecule has 10 heteroatoms. The van der Waals surface area contributed by atoms with E-state index in [1.54, 1.807) is 45.9 Å². The van der Waals surface area contributed by atoms with Crippen LogP contribution in [0.1, 0.15) is 38.8 Å². The summed E-state index contributed by atoms with van der Waals surface area (Å²) in [5.74, 6) is -1.64. The van der Waals surface area contributed by atoms with Crippen molar-refractivity contribution >= 4 is 39.1 Å². The number of hydrogen-bond acceptors (Lipinski definition) is 4. The molecule has 0 aliphatic carbocycles. The number of anilines is 1. The number of nitrogens with zero attached hydrogens (tertiary/aromatic N) is 2. The molecule has 0 bridgehead atoms. The van der Waals surface area contributed by atoms with Crippen LogP contribution in [0.3, 0.4) is 0 Å². The van der Waals surface area contributed by atoms with E-state index in [0.717, 1.165) is 10.6 Å². The SMILES string of the molecule is Cc1ccc(Cl)cc1N(CC(=O)N(Cc1ccccc1F)[C@@H](C)C(=O)NC(C)(C)C)S(C)(=O)=O. The third kappa shape index (κ3) is 7.43.